The highest BCUT2D eigenvalue weighted by atomic mass is 35.5. The van der Waals surface area contributed by atoms with Crippen LogP contribution in [-0.2, 0) is 25.4 Å². The van der Waals surface area contributed by atoms with E-state index in [0.717, 1.165) is 12.1 Å². The molecule has 5 nitrogen and oxygen atoms in total. The second kappa shape index (κ2) is 6.34. The Bertz CT molecular complexity index is 955. The number of sulfone groups is 2. The zero-order valence-corrected chi connectivity index (χ0v) is 14.0. The van der Waals surface area contributed by atoms with E-state index in [2.05, 4.69) is 4.98 Å². The highest BCUT2D eigenvalue weighted by Crippen LogP contribution is 2.31. The number of rotatable bonds is 4. The van der Waals surface area contributed by atoms with Crippen molar-refractivity contribution in [2.45, 2.75) is 21.1 Å². The highest BCUT2D eigenvalue weighted by Gasteiger charge is 2.46. The summed E-state index contributed by atoms with van der Waals surface area (Å²) in [5.41, 5.74) is -5.25. The van der Waals surface area contributed by atoms with Gasteiger partial charge in [-0.25, -0.2) is 21.8 Å². The van der Waals surface area contributed by atoms with Gasteiger partial charge in [-0.3, -0.25) is 0 Å². The highest BCUT2D eigenvalue weighted by molar-refractivity contribution is 7.92. The van der Waals surface area contributed by atoms with Crippen molar-refractivity contribution in [1.29, 1.82) is 0 Å². The topological polar surface area (TPSA) is 81.2 Å². The average Bonchev–Trinajstić information content (AvgIpc) is 2.48. The number of aromatic nitrogens is 1. The molecule has 0 aliphatic heterocycles. The number of alkyl halides is 3. The lowest BCUT2D eigenvalue weighted by Crippen LogP contribution is -2.23. The van der Waals surface area contributed by atoms with Crippen molar-refractivity contribution in [3.05, 3.63) is 53.3 Å². The largest absolute Gasteiger partial charge is 0.501 e. The SMILES string of the molecule is O=S(=O)(Cc1cccnc1Cl)c1ccc(S(=O)(=O)C(F)(F)F)cc1. The van der Waals surface area contributed by atoms with Crippen molar-refractivity contribution >= 4 is 31.3 Å². The number of benzene rings is 1. The Morgan fingerprint density at radius 1 is 0.958 bits per heavy atom. The van der Waals surface area contributed by atoms with Gasteiger partial charge in [0.2, 0.25) is 0 Å². The monoisotopic (exact) mass is 399 g/mol. The molecule has 0 saturated carbocycles. The smallest absolute Gasteiger partial charge is 0.244 e. The summed E-state index contributed by atoms with van der Waals surface area (Å²) in [6.07, 6.45) is 1.37. The third-order valence-corrected chi connectivity index (χ3v) is 6.50. The molecule has 0 spiro atoms. The van der Waals surface area contributed by atoms with E-state index in [0.29, 0.717) is 12.1 Å². The maximum atomic E-state index is 12.5. The fourth-order valence-corrected chi connectivity index (χ4v) is 4.16. The van der Waals surface area contributed by atoms with Crippen LogP contribution in [0.5, 0.6) is 0 Å². The number of halogens is 4. The normalized spacial score (nSPS) is 13.0. The Hall–Kier alpha value is -1.65. The van der Waals surface area contributed by atoms with Gasteiger partial charge in [0, 0.05) is 11.8 Å². The third kappa shape index (κ3) is 3.70. The first-order valence-corrected chi connectivity index (χ1v) is 9.70. The quantitative estimate of drug-likeness (QED) is 0.738. The Morgan fingerprint density at radius 3 is 2.00 bits per heavy atom. The molecule has 1 aromatic carbocycles. The molecule has 0 aliphatic carbocycles. The van der Waals surface area contributed by atoms with Gasteiger partial charge in [0.15, 0.2) is 9.84 Å². The number of hydrogen-bond donors (Lipinski definition) is 0. The molecule has 0 unspecified atom stereocenters. The zero-order chi connectivity index (χ0) is 18.2. The average molecular weight is 400 g/mol. The lowest BCUT2D eigenvalue weighted by molar-refractivity contribution is -0.0436. The molecule has 1 aromatic heterocycles. The molecule has 0 aliphatic rings. The minimum atomic E-state index is -5.53. The minimum Gasteiger partial charge on any atom is -0.244 e. The van der Waals surface area contributed by atoms with Gasteiger partial charge in [-0.1, -0.05) is 17.7 Å². The number of hydrogen-bond acceptors (Lipinski definition) is 5. The van der Waals surface area contributed by atoms with Crippen LogP contribution >= 0.6 is 11.6 Å². The first-order valence-electron chi connectivity index (χ1n) is 6.19. The molecule has 0 fully saturated rings. The molecule has 0 N–H and O–H groups in total. The van der Waals surface area contributed by atoms with Crippen molar-refractivity contribution in [2.75, 3.05) is 0 Å². The van der Waals surface area contributed by atoms with E-state index in [1.54, 1.807) is 0 Å². The van der Waals surface area contributed by atoms with Crippen LogP contribution in [0.15, 0.2) is 52.4 Å². The molecule has 0 atom stereocenters. The van der Waals surface area contributed by atoms with Crippen LogP contribution in [0.4, 0.5) is 13.2 Å². The fourth-order valence-electron chi connectivity index (χ4n) is 1.77. The summed E-state index contributed by atoms with van der Waals surface area (Å²) in [5, 5.41) is -0.0163. The van der Waals surface area contributed by atoms with Crippen molar-refractivity contribution < 1.29 is 30.0 Å². The van der Waals surface area contributed by atoms with E-state index in [-0.39, 0.29) is 15.6 Å². The van der Waals surface area contributed by atoms with Crippen LogP contribution in [0.1, 0.15) is 5.56 Å². The summed E-state index contributed by atoms with van der Waals surface area (Å²) in [6.45, 7) is 0. The summed E-state index contributed by atoms with van der Waals surface area (Å²) in [7, 11) is -9.46. The third-order valence-electron chi connectivity index (χ3n) is 2.98. The molecular formula is C13H9ClF3NO4S2. The first-order chi connectivity index (χ1) is 10.9. The van der Waals surface area contributed by atoms with Crippen molar-refractivity contribution in [1.82, 2.24) is 4.98 Å². The van der Waals surface area contributed by atoms with Crippen LogP contribution in [0.3, 0.4) is 0 Å². The molecule has 24 heavy (non-hydrogen) atoms. The molecule has 2 aromatic rings. The van der Waals surface area contributed by atoms with Gasteiger partial charge in [-0.05, 0) is 30.3 Å². The molecule has 130 valence electrons. The van der Waals surface area contributed by atoms with Crippen LogP contribution in [0, 0.1) is 0 Å². The van der Waals surface area contributed by atoms with Gasteiger partial charge in [0.1, 0.15) is 5.15 Å². The zero-order valence-electron chi connectivity index (χ0n) is 11.7. The number of nitrogens with zero attached hydrogens (tertiary/aromatic N) is 1. The van der Waals surface area contributed by atoms with E-state index in [1.165, 1.54) is 18.3 Å². The van der Waals surface area contributed by atoms with Gasteiger partial charge < -0.3 is 0 Å². The lowest BCUT2D eigenvalue weighted by atomic mass is 10.3. The summed E-state index contributed by atoms with van der Waals surface area (Å²) >= 11 is 5.77. The Labute approximate surface area is 140 Å². The van der Waals surface area contributed by atoms with E-state index >= 15 is 0 Å². The summed E-state index contributed by atoms with van der Waals surface area (Å²) in [5.74, 6) is -0.523. The summed E-state index contributed by atoms with van der Waals surface area (Å²) in [4.78, 5) is 2.36. The molecule has 2 rings (SSSR count). The van der Waals surface area contributed by atoms with Crippen LogP contribution in [0.2, 0.25) is 5.15 Å². The summed E-state index contributed by atoms with van der Waals surface area (Å²) in [6, 6.07) is 5.72. The maximum Gasteiger partial charge on any atom is 0.501 e. The van der Waals surface area contributed by atoms with Gasteiger partial charge in [-0.15, -0.1) is 0 Å². The Kier molecular flexibility index (Phi) is 4.93. The van der Waals surface area contributed by atoms with E-state index in [1.807, 2.05) is 0 Å². The second-order valence-electron chi connectivity index (χ2n) is 4.63. The summed E-state index contributed by atoms with van der Waals surface area (Å²) < 4.78 is 84.4. The lowest BCUT2D eigenvalue weighted by Gasteiger charge is -2.09. The molecule has 1 heterocycles. The number of pyridine rings is 1. The minimum absolute atomic E-state index is 0.0163. The van der Waals surface area contributed by atoms with Crippen LogP contribution in [-0.4, -0.2) is 27.3 Å². The van der Waals surface area contributed by atoms with E-state index in [9.17, 15) is 30.0 Å². The van der Waals surface area contributed by atoms with Gasteiger partial charge in [0.05, 0.1) is 15.5 Å². The van der Waals surface area contributed by atoms with Crippen molar-refractivity contribution in [2.24, 2.45) is 0 Å². The molecule has 0 saturated heterocycles. The van der Waals surface area contributed by atoms with Gasteiger partial charge >= 0.3 is 5.51 Å². The first kappa shape index (κ1) is 18.7. The molecule has 11 heteroatoms. The fraction of sp³-hybridized carbons (Fsp3) is 0.154. The van der Waals surface area contributed by atoms with Crippen LogP contribution < -0.4 is 0 Å². The van der Waals surface area contributed by atoms with Gasteiger partial charge in [-0.2, -0.15) is 13.2 Å². The van der Waals surface area contributed by atoms with Crippen LogP contribution in [0.25, 0.3) is 0 Å². The molecule has 0 radical (unpaired) electrons. The predicted octanol–water partition coefficient (Wildman–Crippen LogP) is 3.00. The van der Waals surface area contributed by atoms with E-state index in [4.69, 9.17) is 11.6 Å². The molecular weight excluding hydrogens is 391 g/mol. The Morgan fingerprint density at radius 2 is 1.50 bits per heavy atom. The maximum absolute atomic E-state index is 12.5. The molecule has 0 amide bonds. The van der Waals surface area contributed by atoms with Gasteiger partial charge in [0.25, 0.3) is 9.84 Å². The van der Waals surface area contributed by atoms with E-state index < -0.39 is 35.8 Å². The van der Waals surface area contributed by atoms with Crippen molar-refractivity contribution in [3.63, 3.8) is 0 Å². The standard InChI is InChI=1S/C13H9ClF3NO4S2/c14-12-9(2-1-7-18-12)8-23(19,20)10-3-5-11(6-4-10)24(21,22)13(15,16)17/h1-7H,8H2. The molecule has 0 bridgehead atoms. The predicted molar refractivity (Wildman–Crippen MR) is 79.8 cm³/mol. The second-order valence-corrected chi connectivity index (χ2v) is 8.92. The Balaban J connectivity index is 2.36. The van der Waals surface area contributed by atoms with Crippen molar-refractivity contribution in [3.8, 4) is 0 Å².